The van der Waals surface area contributed by atoms with Gasteiger partial charge in [0.25, 0.3) is 21.8 Å². The highest BCUT2D eigenvalue weighted by Gasteiger charge is 2.38. The van der Waals surface area contributed by atoms with Gasteiger partial charge >= 0.3 is 6.01 Å². The molecule has 0 bridgehead atoms. The lowest BCUT2D eigenvalue weighted by atomic mass is 10.2. The summed E-state index contributed by atoms with van der Waals surface area (Å²) >= 11 is 5.84. The molecule has 0 saturated carbocycles. The van der Waals surface area contributed by atoms with Crippen LogP contribution in [0.4, 0.5) is 11.7 Å². The van der Waals surface area contributed by atoms with E-state index < -0.39 is 27.9 Å². The van der Waals surface area contributed by atoms with E-state index in [2.05, 4.69) is 25.0 Å². The predicted molar refractivity (Wildman–Crippen MR) is 127 cm³/mol. The molecule has 180 valence electrons. The normalized spacial score (nSPS) is 16.1. The summed E-state index contributed by atoms with van der Waals surface area (Å²) in [6, 6.07) is 10.4. The van der Waals surface area contributed by atoms with E-state index in [1.54, 1.807) is 20.8 Å². The van der Waals surface area contributed by atoms with E-state index in [0.717, 1.165) is 5.01 Å². The number of nitrogens with one attached hydrogen (secondary N) is 1. The molecular weight excluding hydrogens is 496 g/mol. The number of carbonyl (C=O) groups is 2. The number of rotatable bonds is 6. The number of imide groups is 1. The summed E-state index contributed by atoms with van der Waals surface area (Å²) in [6.45, 7) is 4.93. The van der Waals surface area contributed by atoms with Crippen LogP contribution in [0.15, 0.2) is 73.2 Å². The van der Waals surface area contributed by atoms with Gasteiger partial charge in [0.05, 0.1) is 22.0 Å². The molecule has 35 heavy (non-hydrogen) atoms. The molecule has 1 aromatic heterocycles. The first-order chi connectivity index (χ1) is 16.5. The van der Waals surface area contributed by atoms with Gasteiger partial charge in [-0.3, -0.25) is 9.59 Å². The summed E-state index contributed by atoms with van der Waals surface area (Å²) in [7, 11) is -3.93. The average Bonchev–Trinajstić information content (AvgIpc) is 3.28. The molecular formula is C22H19ClN6O5S. The number of hydrazone groups is 1. The Balaban J connectivity index is 1.45. The van der Waals surface area contributed by atoms with Crippen LogP contribution in [0.2, 0.25) is 5.02 Å². The molecule has 0 saturated heterocycles. The first-order valence-electron chi connectivity index (χ1n) is 10.2. The minimum atomic E-state index is -3.93. The van der Waals surface area contributed by atoms with Gasteiger partial charge in [-0.15, -0.1) is 0 Å². The monoisotopic (exact) mass is 514 g/mol. The van der Waals surface area contributed by atoms with Crippen LogP contribution < -0.4 is 4.72 Å². The van der Waals surface area contributed by atoms with Crippen LogP contribution in [0.1, 0.15) is 28.7 Å². The van der Waals surface area contributed by atoms with Crippen molar-refractivity contribution in [1.29, 1.82) is 0 Å². The van der Waals surface area contributed by atoms with Gasteiger partial charge in [0.2, 0.25) is 0 Å². The van der Waals surface area contributed by atoms with Gasteiger partial charge in [0.1, 0.15) is 5.76 Å². The third kappa shape index (κ3) is 5.12. The smallest absolute Gasteiger partial charge is 0.309 e. The van der Waals surface area contributed by atoms with Gasteiger partial charge in [0, 0.05) is 10.6 Å². The molecule has 2 aromatic carbocycles. The molecule has 0 aliphatic carbocycles. The van der Waals surface area contributed by atoms with E-state index in [9.17, 15) is 18.0 Å². The minimum Gasteiger partial charge on any atom is -0.428 e. The highest BCUT2D eigenvalue weighted by Crippen LogP contribution is 2.23. The van der Waals surface area contributed by atoms with Crippen LogP contribution in [0, 0.1) is 13.8 Å². The van der Waals surface area contributed by atoms with Crippen LogP contribution in [-0.2, 0) is 14.8 Å². The molecule has 0 fully saturated rings. The molecule has 13 heteroatoms. The number of hydrogen-bond acceptors (Lipinski definition) is 9. The fraction of sp³-hybridized carbons (Fsp3) is 0.182. The number of aromatic nitrogens is 1. The molecule has 2 amide bonds. The number of amides is 2. The van der Waals surface area contributed by atoms with Crippen molar-refractivity contribution < 1.29 is 22.4 Å². The van der Waals surface area contributed by atoms with E-state index in [4.69, 9.17) is 16.0 Å². The Morgan fingerprint density at radius 1 is 1.09 bits per heavy atom. The number of nitrogens with zero attached hydrogens (tertiary/aromatic N) is 5. The van der Waals surface area contributed by atoms with Gasteiger partial charge in [-0.25, -0.2) is 13.1 Å². The maximum atomic E-state index is 12.7. The fourth-order valence-corrected chi connectivity index (χ4v) is 4.11. The fourth-order valence-electron chi connectivity index (χ4n) is 3.06. The topological polar surface area (TPSA) is 147 Å². The first-order valence-corrected chi connectivity index (χ1v) is 12.1. The first kappa shape index (κ1) is 24.2. The molecule has 11 nitrogen and oxygen atoms in total. The molecule has 1 aliphatic rings. The number of halogens is 1. The van der Waals surface area contributed by atoms with Crippen molar-refractivity contribution >= 4 is 50.9 Å². The molecule has 0 radical (unpaired) electrons. The quantitative estimate of drug-likeness (QED) is 0.384. The third-order valence-corrected chi connectivity index (χ3v) is 6.65. The van der Waals surface area contributed by atoms with Gasteiger partial charge in [0.15, 0.2) is 6.04 Å². The van der Waals surface area contributed by atoms with Gasteiger partial charge in [-0.05, 0) is 69.3 Å². The van der Waals surface area contributed by atoms with Crippen LogP contribution in [0.3, 0.4) is 0 Å². The zero-order chi connectivity index (χ0) is 25.3. The van der Waals surface area contributed by atoms with Crippen molar-refractivity contribution in [2.75, 3.05) is 4.72 Å². The standard InChI is InChI=1S/C22H19ClN6O5S/c1-12-14(3)34-22(24-12)28-35(32,33)18-10-8-17(9-11-18)25-26-19-13(2)27-29(21(19)31)20(30)15-4-6-16(23)7-5-15/h4-11,19H,1-3H3,(H,24,28)/b26-25+. The number of oxazole rings is 1. The molecule has 1 aliphatic heterocycles. The lowest BCUT2D eigenvalue weighted by Gasteiger charge is -2.10. The van der Waals surface area contributed by atoms with Gasteiger partial charge in [-0.2, -0.15) is 25.3 Å². The number of sulfonamides is 1. The molecule has 1 atom stereocenters. The second-order valence-corrected chi connectivity index (χ2v) is 9.70. The van der Waals surface area contributed by atoms with E-state index in [1.807, 2.05) is 0 Å². The summed E-state index contributed by atoms with van der Waals surface area (Å²) in [5.41, 5.74) is 1.42. The van der Waals surface area contributed by atoms with E-state index in [0.29, 0.717) is 27.9 Å². The Morgan fingerprint density at radius 3 is 2.34 bits per heavy atom. The Morgan fingerprint density at radius 2 is 1.74 bits per heavy atom. The maximum Gasteiger partial charge on any atom is 0.309 e. The Labute approximate surface area is 205 Å². The van der Waals surface area contributed by atoms with Crippen molar-refractivity contribution in [3.8, 4) is 0 Å². The number of aryl methyl sites for hydroxylation is 2. The number of azo groups is 1. The summed E-state index contributed by atoms with van der Waals surface area (Å²) in [5.74, 6) is -0.750. The van der Waals surface area contributed by atoms with Crippen LogP contribution in [-0.4, -0.2) is 42.0 Å². The van der Waals surface area contributed by atoms with Crippen molar-refractivity contribution in [2.45, 2.75) is 31.7 Å². The van der Waals surface area contributed by atoms with E-state index in [1.165, 1.54) is 48.5 Å². The third-order valence-electron chi connectivity index (χ3n) is 5.07. The summed E-state index contributed by atoms with van der Waals surface area (Å²) in [4.78, 5) is 29.3. The molecule has 1 N–H and O–H groups in total. The Bertz CT molecular complexity index is 1440. The molecule has 3 aromatic rings. The Hall–Kier alpha value is -3.90. The maximum absolute atomic E-state index is 12.7. The number of carbonyl (C=O) groups excluding carboxylic acids is 2. The molecule has 4 rings (SSSR count). The highest BCUT2D eigenvalue weighted by atomic mass is 35.5. The summed E-state index contributed by atoms with van der Waals surface area (Å²) in [5, 5.41) is 13.2. The lowest BCUT2D eigenvalue weighted by molar-refractivity contribution is -0.127. The summed E-state index contributed by atoms with van der Waals surface area (Å²) < 4.78 is 32.6. The average molecular weight is 515 g/mol. The Kier molecular flexibility index (Phi) is 6.50. The molecule has 1 unspecified atom stereocenters. The SMILES string of the molecule is CC1=NN(C(=O)c2ccc(Cl)cc2)C(=O)C1/N=N/c1ccc(S(=O)(=O)Nc2nc(C)c(C)o2)cc1. The van der Waals surface area contributed by atoms with Crippen LogP contribution in [0.5, 0.6) is 0 Å². The minimum absolute atomic E-state index is 0.0422. The van der Waals surface area contributed by atoms with Gasteiger partial charge < -0.3 is 4.42 Å². The largest absolute Gasteiger partial charge is 0.428 e. The molecule has 0 spiro atoms. The number of hydrogen-bond donors (Lipinski definition) is 1. The van der Waals surface area contributed by atoms with Crippen LogP contribution in [0.25, 0.3) is 0 Å². The van der Waals surface area contributed by atoms with Crippen molar-refractivity contribution in [1.82, 2.24) is 9.99 Å². The van der Waals surface area contributed by atoms with E-state index in [-0.39, 0.29) is 16.5 Å². The van der Waals surface area contributed by atoms with Gasteiger partial charge in [-0.1, -0.05) is 11.6 Å². The van der Waals surface area contributed by atoms with Crippen LogP contribution >= 0.6 is 11.6 Å². The number of anilines is 1. The van der Waals surface area contributed by atoms with Crippen molar-refractivity contribution in [3.63, 3.8) is 0 Å². The highest BCUT2D eigenvalue weighted by molar-refractivity contribution is 7.92. The van der Waals surface area contributed by atoms with Crippen molar-refractivity contribution in [2.24, 2.45) is 15.3 Å². The number of benzene rings is 2. The van der Waals surface area contributed by atoms with Crippen molar-refractivity contribution in [3.05, 3.63) is 70.6 Å². The lowest BCUT2D eigenvalue weighted by Crippen LogP contribution is -2.34. The predicted octanol–water partition coefficient (Wildman–Crippen LogP) is 4.26. The second kappa shape index (κ2) is 9.39. The molecule has 2 heterocycles. The zero-order valence-electron chi connectivity index (χ0n) is 18.8. The summed E-state index contributed by atoms with van der Waals surface area (Å²) in [6.07, 6.45) is 0. The van der Waals surface area contributed by atoms with E-state index >= 15 is 0 Å². The zero-order valence-corrected chi connectivity index (χ0v) is 20.3. The second-order valence-electron chi connectivity index (χ2n) is 7.58.